The van der Waals surface area contributed by atoms with E-state index in [0.29, 0.717) is 0 Å². The summed E-state index contributed by atoms with van der Waals surface area (Å²) in [6.07, 6.45) is 3.68. The Morgan fingerprint density at radius 3 is 2.46 bits per heavy atom. The van der Waals surface area contributed by atoms with E-state index in [0.717, 1.165) is 25.7 Å². The monoisotopic (exact) mass is 405 g/mol. The summed E-state index contributed by atoms with van der Waals surface area (Å²) in [6, 6.07) is 4.31. The predicted molar refractivity (Wildman–Crippen MR) is 103 cm³/mol. The standard InChI is InChI=1S/C17H27N3O4S.ClH/c1-17(2,11-18)19-16(21)12-8-9-14(24-3)15(10-12)25(22,23)20-13-6-4-5-7-13;/h8-10,13,20H,4-7,11,18H2,1-3H3,(H,19,21);1H. The van der Waals surface area contributed by atoms with Gasteiger partial charge in [-0.2, -0.15) is 0 Å². The van der Waals surface area contributed by atoms with Crippen molar-refractivity contribution < 1.29 is 17.9 Å². The van der Waals surface area contributed by atoms with Crippen LogP contribution in [-0.2, 0) is 10.0 Å². The Balaban J connectivity index is 0.00000338. The van der Waals surface area contributed by atoms with E-state index in [2.05, 4.69) is 10.0 Å². The van der Waals surface area contributed by atoms with Gasteiger partial charge < -0.3 is 15.8 Å². The Kier molecular flexibility index (Phi) is 7.88. The van der Waals surface area contributed by atoms with Crippen LogP contribution in [0.3, 0.4) is 0 Å². The van der Waals surface area contributed by atoms with Crippen molar-refractivity contribution in [3.8, 4) is 5.75 Å². The number of rotatable bonds is 7. The smallest absolute Gasteiger partial charge is 0.251 e. The second-order valence-corrected chi connectivity index (χ2v) is 8.69. The fourth-order valence-electron chi connectivity index (χ4n) is 2.79. The third-order valence-corrected chi connectivity index (χ3v) is 5.90. The van der Waals surface area contributed by atoms with Crippen molar-refractivity contribution in [2.75, 3.05) is 13.7 Å². The van der Waals surface area contributed by atoms with Crippen LogP contribution in [0.2, 0.25) is 0 Å². The van der Waals surface area contributed by atoms with Gasteiger partial charge in [-0.3, -0.25) is 4.79 Å². The minimum absolute atomic E-state index is 0. The SMILES string of the molecule is COc1ccc(C(=O)NC(C)(C)CN)cc1S(=O)(=O)NC1CCCC1.Cl. The maximum absolute atomic E-state index is 12.7. The normalized spacial score (nSPS) is 15.4. The lowest BCUT2D eigenvalue weighted by Gasteiger charge is -2.24. The molecule has 1 saturated carbocycles. The first kappa shape index (κ1) is 22.7. The first-order chi connectivity index (χ1) is 11.7. The first-order valence-corrected chi connectivity index (χ1v) is 9.90. The zero-order chi connectivity index (χ0) is 18.7. The summed E-state index contributed by atoms with van der Waals surface area (Å²) in [4.78, 5) is 12.4. The van der Waals surface area contributed by atoms with Crippen LogP contribution >= 0.6 is 12.4 Å². The van der Waals surface area contributed by atoms with E-state index >= 15 is 0 Å². The van der Waals surface area contributed by atoms with Crippen LogP contribution in [0.15, 0.2) is 23.1 Å². The van der Waals surface area contributed by atoms with E-state index in [9.17, 15) is 13.2 Å². The molecule has 1 aromatic carbocycles. The molecule has 0 aliphatic heterocycles. The number of carbonyl (C=O) groups excluding carboxylic acids is 1. The summed E-state index contributed by atoms with van der Waals surface area (Å²) in [6.45, 7) is 3.87. The molecule has 0 unspecified atom stereocenters. The van der Waals surface area contributed by atoms with E-state index in [1.165, 1.54) is 25.3 Å². The van der Waals surface area contributed by atoms with Crippen LogP contribution in [0.5, 0.6) is 5.75 Å². The lowest BCUT2D eigenvalue weighted by atomic mass is 10.1. The Morgan fingerprint density at radius 2 is 1.92 bits per heavy atom. The molecule has 0 heterocycles. The number of amides is 1. The number of nitrogens with two attached hydrogens (primary N) is 1. The first-order valence-electron chi connectivity index (χ1n) is 8.41. The average Bonchev–Trinajstić information content (AvgIpc) is 3.06. The Bertz CT molecular complexity index is 732. The zero-order valence-corrected chi connectivity index (χ0v) is 17.0. The number of halogens is 1. The van der Waals surface area contributed by atoms with Crippen molar-refractivity contribution in [2.24, 2.45) is 5.73 Å². The second kappa shape index (κ2) is 9.03. The van der Waals surface area contributed by atoms with Gasteiger partial charge in [-0.25, -0.2) is 13.1 Å². The highest BCUT2D eigenvalue weighted by molar-refractivity contribution is 7.89. The van der Waals surface area contributed by atoms with Gasteiger partial charge >= 0.3 is 0 Å². The maximum Gasteiger partial charge on any atom is 0.251 e. The minimum atomic E-state index is -3.77. The summed E-state index contributed by atoms with van der Waals surface area (Å²) in [5.41, 5.74) is 5.29. The molecule has 1 aliphatic rings. The van der Waals surface area contributed by atoms with Gasteiger partial charge in [0.1, 0.15) is 10.6 Å². The van der Waals surface area contributed by atoms with Gasteiger partial charge in [-0.05, 0) is 44.9 Å². The second-order valence-electron chi connectivity index (χ2n) is 7.01. The van der Waals surface area contributed by atoms with Crippen LogP contribution in [0.4, 0.5) is 0 Å². The van der Waals surface area contributed by atoms with Crippen molar-refractivity contribution in [3.05, 3.63) is 23.8 Å². The van der Waals surface area contributed by atoms with Crippen molar-refractivity contribution in [3.63, 3.8) is 0 Å². The molecule has 0 atom stereocenters. The molecule has 0 bridgehead atoms. The van der Waals surface area contributed by atoms with Gasteiger partial charge in [0.15, 0.2) is 0 Å². The van der Waals surface area contributed by atoms with Crippen LogP contribution in [-0.4, -0.2) is 39.6 Å². The number of benzene rings is 1. The van der Waals surface area contributed by atoms with E-state index < -0.39 is 15.6 Å². The highest BCUT2D eigenvalue weighted by atomic mass is 35.5. The molecule has 148 valence electrons. The van der Waals surface area contributed by atoms with Crippen molar-refractivity contribution in [1.82, 2.24) is 10.0 Å². The third kappa shape index (κ3) is 5.57. The molecule has 1 amide bonds. The number of hydrogen-bond acceptors (Lipinski definition) is 5. The molecule has 1 fully saturated rings. The fourth-order valence-corrected chi connectivity index (χ4v) is 4.28. The Morgan fingerprint density at radius 1 is 1.31 bits per heavy atom. The summed E-state index contributed by atoms with van der Waals surface area (Å²) in [5.74, 6) is -0.171. The van der Waals surface area contributed by atoms with Crippen LogP contribution in [0.25, 0.3) is 0 Å². The highest BCUT2D eigenvalue weighted by Crippen LogP contribution is 2.27. The molecule has 0 radical (unpaired) electrons. The largest absolute Gasteiger partial charge is 0.495 e. The Labute approximate surface area is 161 Å². The zero-order valence-electron chi connectivity index (χ0n) is 15.4. The van der Waals surface area contributed by atoms with E-state index in [4.69, 9.17) is 10.5 Å². The van der Waals surface area contributed by atoms with E-state index in [1.807, 2.05) is 0 Å². The molecule has 1 aromatic rings. The van der Waals surface area contributed by atoms with Crippen LogP contribution < -0.4 is 20.5 Å². The summed E-state index contributed by atoms with van der Waals surface area (Å²) < 4.78 is 33.4. The van der Waals surface area contributed by atoms with Gasteiger partial charge in [0, 0.05) is 23.7 Å². The molecule has 0 spiro atoms. The van der Waals surface area contributed by atoms with Gasteiger partial charge in [-0.1, -0.05) is 12.8 Å². The number of methoxy groups -OCH3 is 1. The molecule has 4 N–H and O–H groups in total. The summed E-state index contributed by atoms with van der Waals surface area (Å²) in [5, 5.41) is 2.79. The Hall–Kier alpha value is -1.35. The van der Waals surface area contributed by atoms with Gasteiger partial charge in [0.05, 0.1) is 7.11 Å². The van der Waals surface area contributed by atoms with Crippen molar-refractivity contribution in [2.45, 2.75) is 56.0 Å². The average molecular weight is 406 g/mol. The van der Waals surface area contributed by atoms with Gasteiger partial charge in [0.2, 0.25) is 10.0 Å². The molecule has 2 rings (SSSR count). The molecular weight excluding hydrogens is 378 g/mol. The molecular formula is C17H28ClN3O4S. The molecule has 7 nitrogen and oxygen atoms in total. The van der Waals surface area contributed by atoms with Crippen molar-refractivity contribution in [1.29, 1.82) is 0 Å². The van der Waals surface area contributed by atoms with Crippen molar-refractivity contribution >= 4 is 28.3 Å². The number of hydrogen-bond donors (Lipinski definition) is 3. The molecule has 1 aliphatic carbocycles. The highest BCUT2D eigenvalue weighted by Gasteiger charge is 2.27. The number of nitrogens with one attached hydrogen (secondary N) is 2. The number of carbonyl (C=O) groups is 1. The fraction of sp³-hybridized carbons (Fsp3) is 0.588. The topological polar surface area (TPSA) is 111 Å². The lowest BCUT2D eigenvalue weighted by molar-refractivity contribution is 0.0915. The number of sulfonamides is 1. The molecule has 0 aromatic heterocycles. The number of ether oxygens (including phenoxy) is 1. The van der Waals surface area contributed by atoms with Gasteiger partial charge in [0.25, 0.3) is 5.91 Å². The van der Waals surface area contributed by atoms with Crippen LogP contribution in [0.1, 0.15) is 49.9 Å². The third-order valence-electron chi connectivity index (χ3n) is 4.35. The molecule has 26 heavy (non-hydrogen) atoms. The molecule has 9 heteroatoms. The van der Waals surface area contributed by atoms with Crippen LogP contribution in [0, 0.1) is 0 Å². The maximum atomic E-state index is 12.7. The van der Waals surface area contributed by atoms with E-state index in [-0.39, 0.29) is 47.1 Å². The molecule has 0 saturated heterocycles. The van der Waals surface area contributed by atoms with Gasteiger partial charge in [-0.15, -0.1) is 12.4 Å². The summed E-state index contributed by atoms with van der Waals surface area (Å²) in [7, 11) is -2.37. The predicted octanol–water partition coefficient (Wildman–Crippen LogP) is 1.81. The van der Waals surface area contributed by atoms with E-state index in [1.54, 1.807) is 13.8 Å². The summed E-state index contributed by atoms with van der Waals surface area (Å²) >= 11 is 0. The minimum Gasteiger partial charge on any atom is -0.495 e. The lowest BCUT2D eigenvalue weighted by Crippen LogP contribution is -2.48. The quantitative estimate of drug-likeness (QED) is 0.640.